The van der Waals surface area contributed by atoms with E-state index in [9.17, 15) is 48.9 Å². The Morgan fingerprint density at radius 3 is 1.96 bits per heavy atom. The number of hydrogen-bond donors (Lipinski definition) is 13. The first-order valence-corrected chi connectivity index (χ1v) is 26.0. The van der Waals surface area contributed by atoms with Crippen molar-refractivity contribution in [2.75, 3.05) is 24.7 Å². The average Bonchev–Trinajstić information content (AvgIpc) is 3.76. The highest BCUT2D eigenvalue weighted by molar-refractivity contribution is 8.76. The molecule has 384 valence electrons. The molecule has 0 bridgehead atoms. The number of unbranched alkanes of at least 4 members (excludes halogenated alkanes) is 1. The smallest absolute Gasteiger partial charge is 0.245 e. The van der Waals surface area contributed by atoms with Crippen molar-refractivity contribution < 1.29 is 48.9 Å². The van der Waals surface area contributed by atoms with Crippen molar-refractivity contribution in [3.05, 3.63) is 108 Å². The van der Waals surface area contributed by atoms with Crippen molar-refractivity contribution in [2.24, 2.45) is 11.5 Å². The molecule has 10 atom stereocenters. The Bertz CT molecular complexity index is 2400. The summed E-state index contributed by atoms with van der Waals surface area (Å²) in [5, 5.41) is 50.5. The molecule has 1 aliphatic heterocycles. The van der Waals surface area contributed by atoms with Gasteiger partial charge in [0.25, 0.3) is 0 Å². The van der Waals surface area contributed by atoms with Crippen LogP contribution in [-0.4, -0.2) is 147 Å². The quantitative estimate of drug-likeness (QED) is 0.0455. The van der Waals surface area contributed by atoms with Crippen molar-refractivity contribution in [2.45, 2.75) is 113 Å². The molecule has 0 radical (unpaired) electrons. The van der Waals surface area contributed by atoms with E-state index in [0.29, 0.717) is 24.0 Å². The van der Waals surface area contributed by atoms with Gasteiger partial charge in [0.05, 0.1) is 30.9 Å². The normalized spacial score (nSPS) is 22.8. The third-order valence-electron chi connectivity index (χ3n) is 11.9. The number of nitrogens with one attached hydrogen (secondary N) is 8. The minimum absolute atomic E-state index is 0.0340. The Morgan fingerprint density at radius 2 is 1.31 bits per heavy atom. The highest BCUT2D eigenvalue weighted by Gasteiger charge is 2.36. The zero-order valence-electron chi connectivity index (χ0n) is 39.7. The molecule has 7 amide bonds. The van der Waals surface area contributed by atoms with Crippen LogP contribution in [0, 0.1) is 0 Å². The molecule has 1 aromatic heterocycles. The Balaban J connectivity index is 1.56. The summed E-state index contributed by atoms with van der Waals surface area (Å²) in [4.78, 5) is 103. The fourth-order valence-corrected chi connectivity index (χ4v) is 10.1. The van der Waals surface area contributed by atoms with Gasteiger partial charge in [-0.25, -0.2) is 0 Å². The molecular formula is C49H66N10O10S2. The summed E-state index contributed by atoms with van der Waals surface area (Å²) in [5.74, 6) is -6.01. The molecule has 1 aliphatic rings. The van der Waals surface area contributed by atoms with Crippen LogP contribution in [0.3, 0.4) is 0 Å². The number of carbonyl (C=O) groups is 7. The lowest BCUT2D eigenvalue weighted by Crippen LogP contribution is -2.62. The van der Waals surface area contributed by atoms with E-state index < -0.39 is 108 Å². The summed E-state index contributed by atoms with van der Waals surface area (Å²) in [6, 6.07) is 14.6. The SMILES string of the molecule is C[C@@H](O)[C@@H]1NC(=O)[C@H](CCCCN)NC(=O)[C@H](Cc2c[nH]c3ccccc23)NC(=O)[C@H](Cc2ccccc2)NC(=O)[C@H](NC(=O)[C@@H](N)Cc2ccccc2)CSSC[C@H](C(=O)N[C@H](CO)[C@@H](C)O)NC1=O. The molecule has 5 rings (SSSR count). The Morgan fingerprint density at radius 1 is 0.718 bits per heavy atom. The molecule has 4 aromatic rings. The molecule has 0 spiro atoms. The number of benzene rings is 3. The number of hydrogen-bond acceptors (Lipinski definition) is 14. The fourth-order valence-electron chi connectivity index (χ4n) is 7.73. The van der Waals surface area contributed by atoms with E-state index in [1.54, 1.807) is 60.8 Å². The van der Waals surface area contributed by atoms with Crippen LogP contribution in [0.4, 0.5) is 0 Å². The molecule has 15 N–H and O–H groups in total. The molecule has 0 aliphatic carbocycles. The van der Waals surface area contributed by atoms with E-state index in [-0.39, 0.29) is 43.7 Å². The van der Waals surface area contributed by atoms with Gasteiger partial charge in [-0.15, -0.1) is 0 Å². The van der Waals surface area contributed by atoms with E-state index in [1.807, 2.05) is 30.3 Å². The van der Waals surface area contributed by atoms with Crippen LogP contribution < -0.4 is 48.7 Å². The van der Waals surface area contributed by atoms with Crippen LogP contribution in [0.15, 0.2) is 91.1 Å². The number of H-pyrrole nitrogens is 1. The lowest BCUT2D eigenvalue weighted by atomic mass is 10.0. The number of amides is 7. The van der Waals surface area contributed by atoms with E-state index in [2.05, 4.69) is 42.2 Å². The first-order chi connectivity index (χ1) is 34.1. The van der Waals surface area contributed by atoms with E-state index in [1.165, 1.54) is 13.8 Å². The second-order valence-electron chi connectivity index (χ2n) is 17.5. The first-order valence-electron chi connectivity index (χ1n) is 23.5. The number of aromatic nitrogens is 1. The predicted octanol–water partition coefficient (Wildman–Crippen LogP) is -0.805. The summed E-state index contributed by atoms with van der Waals surface area (Å²) >= 11 is 0. The maximum absolute atomic E-state index is 14.7. The molecule has 20 nitrogen and oxygen atoms in total. The van der Waals surface area contributed by atoms with Gasteiger partial charge in [0.2, 0.25) is 41.4 Å². The van der Waals surface area contributed by atoms with E-state index >= 15 is 0 Å². The van der Waals surface area contributed by atoms with Crippen molar-refractivity contribution >= 4 is 73.8 Å². The largest absolute Gasteiger partial charge is 0.394 e. The summed E-state index contributed by atoms with van der Waals surface area (Å²) in [7, 11) is 2.06. The molecule has 1 saturated heterocycles. The van der Waals surface area contributed by atoms with Crippen LogP contribution in [0.5, 0.6) is 0 Å². The van der Waals surface area contributed by atoms with Crippen LogP contribution >= 0.6 is 21.6 Å². The van der Waals surface area contributed by atoms with Gasteiger partial charge >= 0.3 is 0 Å². The van der Waals surface area contributed by atoms with E-state index in [0.717, 1.165) is 38.1 Å². The van der Waals surface area contributed by atoms with Crippen LogP contribution in [0.1, 0.15) is 49.8 Å². The monoisotopic (exact) mass is 1020 g/mol. The number of nitrogens with two attached hydrogens (primary N) is 2. The van der Waals surface area contributed by atoms with Gasteiger partial charge < -0.3 is 69.0 Å². The molecule has 0 saturated carbocycles. The number of aliphatic hydroxyl groups excluding tert-OH is 3. The zero-order valence-corrected chi connectivity index (χ0v) is 41.3. The lowest BCUT2D eigenvalue weighted by Gasteiger charge is -2.29. The molecule has 71 heavy (non-hydrogen) atoms. The topological polar surface area (TPSA) is 332 Å². The third-order valence-corrected chi connectivity index (χ3v) is 14.3. The van der Waals surface area contributed by atoms with E-state index in [4.69, 9.17) is 11.5 Å². The van der Waals surface area contributed by atoms with Gasteiger partial charge in [-0.2, -0.15) is 0 Å². The second kappa shape index (κ2) is 28.1. The number of rotatable bonds is 17. The molecule has 1 fully saturated rings. The number of aromatic amines is 1. The number of aliphatic hydroxyl groups is 3. The minimum atomic E-state index is -1.66. The molecular weight excluding hydrogens is 953 g/mol. The highest BCUT2D eigenvalue weighted by atomic mass is 33.1. The summed E-state index contributed by atoms with van der Waals surface area (Å²) < 4.78 is 0. The van der Waals surface area contributed by atoms with Gasteiger partial charge in [0.15, 0.2) is 0 Å². The average molecular weight is 1020 g/mol. The van der Waals surface area contributed by atoms with Crippen molar-refractivity contribution in [3.63, 3.8) is 0 Å². The summed E-state index contributed by atoms with van der Waals surface area (Å²) in [5.41, 5.74) is 15.0. The second-order valence-corrected chi connectivity index (χ2v) is 20.0. The standard InChI is InChI=1S/C49H66N10O10S2/c1-28(61)39(25-60)56-48(68)41-27-71-70-26-40(57-43(63)34(51)21-30-13-5-3-6-14-30)47(67)54-37(22-31-15-7-4-8-16-31)45(65)55-38(23-32-24-52-35-18-10-9-17-33(32)35)46(66)53-36(19-11-12-20-50)44(64)59-42(29(2)62)49(69)58-41/h3-10,13-18,24,28-29,34,36-42,52,60-62H,11-12,19-23,25-27,50-51H2,1-2H3,(H,53,66)(H,54,67)(H,55,65)(H,56,68)(H,57,63)(H,58,69)(H,59,64)/t28-,29-,34+,36+,37+,38+,39-,40-,41-,42+/m1/s1. The Hall–Kier alpha value is -6.01. The van der Waals surface area contributed by atoms with Gasteiger partial charge in [-0.05, 0) is 68.8 Å². The highest BCUT2D eigenvalue weighted by Crippen LogP contribution is 2.24. The lowest BCUT2D eigenvalue weighted by molar-refractivity contribution is -0.136. The minimum Gasteiger partial charge on any atom is -0.394 e. The van der Waals surface area contributed by atoms with Gasteiger partial charge in [0, 0.05) is 41.4 Å². The van der Waals surface area contributed by atoms with Crippen molar-refractivity contribution in [3.8, 4) is 0 Å². The molecule has 2 heterocycles. The predicted molar refractivity (Wildman–Crippen MR) is 272 cm³/mol. The van der Waals surface area contributed by atoms with Crippen LogP contribution in [-0.2, 0) is 52.8 Å². The first kappa shape index (κ1) is 55.9. The maximum atomic E-state index is 14.7. The Labute approximate surface area is 420 Å². The Kier molecular flexibility index (Phi) is 22.2. The van der Waals surface area contributed by atoms with Gasteiger partial charge in [-0.1, -0.05) is 100 Å². The fraction of sp³-hybridized carbons (Fsp3) is 0.449. The zero-order chi connectivity index (χ0) is 51.5. The van der Waals surface area contributed by atoms with Crippen molar-refractivity contribution in [1.82, 2.24) is 42.2 Å². The summed E-state index contributed by atoms with van der Waals surface area (Å²) in [6.07, 6.45) is -0.156. The summed E-state index contributed by atoms with van der Waals surface area (Å²) in [6.45, 7) is 2.23. The van der Waals surface area contributed by atoms with Gasteiger partial charge in [0.1, 0.15) is 36.3 Å². The molecule has 0 unspecified atom stereocenters. The molecule has 22 heteroatoms. The number of para-hydroxylation sites is 1. The third kappa shape index (κ3) is 17.1. The van der Waals surface area contributed by atoms with Crippen LogP contribution in [0.2, 0.25) is 0 Å². The van der Waals surface area contributed by atoms with Crippen molar-refractivity contribution in [1.29, 1.82) is 0 Å². The maximum Gasteiger partial charge on any atom is 0.245 e. The van der Waals surface area contributed by atoms with Gasteiger partial charge in [-0.3, -0.25) is 33.6 Å². The number of fused-ring (bicyclic) bond motifs is 1. The number of carbonyl (C=O) groups excluding carboxylic acids is 7. The molecule has 3 aromatic carbocycles. The van der Waals surface area contributed by atoms with Crippen LogP contribution in [0.25, 0.3) is 10.9 Å².